The number of fused-ring (bicyclic) bond motifs is 2. The van der Waals surface area contributed by atoms with Crippen molar-refractivity contribution in [2.75, 3.05) is 32.0 Å². The highest BCUT2D eigenvalue weighted by Crippen LogP contribution is 2.47. The first-order chi connectivity index (χ1) is 15.5. The zero-order valence-electron chi connectivity index (χ0n) is 17.6. The second kappa shape index (κ2) is 8.93. The van der Waals surface area contributed by atoms with Crippen molar-refractivity contribution in [1.82, 2.24) is 4.90 Å². The molecule has 0 unspecified atom stereocenters. The Morgan fingerprint density at radius 2 is 1.72 bits per heavy atom. The summed E-state index contributed by atoms with van der Waals surface area (Å²) in [5.74, 6) is 1.29. The van der Waals surface area contributed by atoms with Gasteiger partial charge in [0, 0.05) is 54.4 Å². The fraction of sp³-hybridized carbons (Fsp3) is 0.360. The zero-order chi connectivity index (χ0) is 22.1. The Morgan fingerprint density at radius 1 is 1.00 bits per heavy atom. The molecule has 1 aliphatic carbocycles. The molecule has 5 rings (SSSR count). The fourth-order valence-electron chi connectivity index (χ4n) is 4.45. The zero-order valence-corrected chi connectivity index (χ0v) is 19.2. The van der Waals surface area contributed by atoms with Gasteiger partial charge in [-0.2, -0.15) is 0 Å². The van der Waals surface area contributed by atoms with Crippen molar-refractivity contribution in [1.29, 1.82) is 0 Å². The predicted octanol–water partition coefficient (Wildman–Crippen LogP) is 4.84. The molecule has 2 aliphatic heterocycles. The third-order valence-corrected chi connectivity index (χ3v) is 7.88. The number of hydrogen-bond acceptors (Lipinski definition) is 6. The molecule has 0 atom stereocenters. The fourth-order valence-corrected chi connectivity index (χ4v) is 5.84. The van der Waals surface area contributed by atoms with Gasteiger partial charge in [-0.05, 0) is 30.7 Å². The average Bonchev–Trinajstić information content (AvgIpc) is 2.83. The summed E-state index contributed by atoms with van der Waals surface area (Å²) in [7, 11) is 0. The van der Waals surface area contributed by atoms with Gasteiger partial charge in [-0.25, -0.2) is 0 Å². The largest absolute Gasteiger partial charge is 0.494 e. The minimum Gasteiger partial charge on any atom is -0.494 e. The highest BCUT2D eigenvalue weighted by Gasteiger charge is 2.45. The second-order valence-corrected chi connectivity index (χ2v) is 9.86. The Hall–Kier alpha value is -2.28. The molecular formula is C25H24ClNO4S. The molecular weight excluding hydrogens is 446 g/mol. The van der Waals surface area contributed by atoms with Gasteiger partial charge in [-0.3, -0.25) is 9.59 Å². The van der Waals surface area contributed by atoms with Crippen molar-refractivity contribution in [3.63, 3.8) is 0 Å². The Balaban J connectivity index is 1.17. The van der Waals surface area contributed by atoms with E-state index in [4.69, 9.17) is 21.1 Å². The van der Waals surface area contributed by atoms with Gasteiger partial charge in [0.15, 0.2) is 0 Å². The third-order valence-electron chi connectivity index (χ3n) is 6.30. The minimum atomic E-state index is -0.434. The molecule has 0 aromatic heterocycles. The van der Waals surface area contributed by atoms with E-state index in [-0.39, 0.29) is 5.60 Å². The maximum Gasteiger partial charge on any atom is 0.243 e. The van der Waals surface area contributed by atoms with Crippen molar-refractivity contribution in [2.24, 2.45) is 0 Å². The molecule has 1 fully saturated rings. The molecule has 2 heterocycles. The van der Waals surface area contributed by atoms with E-state index in [1.165, 1.54) is 11.8 Å². The van der Waals surface area contributed by atoms with Crippen molar-refractivity contribution in [2.45, 2.75) is 24.9 Å². The molecule has 5 nitrogen and oxygen atoms in total. The molecule has 2 aromatic carbocycles. The number of Topliss-reactive ketones (excluding diaryl/α,β-unsaturated/α-hetero) is 2. The Morgan fingerprint density at radius 3 is 2.47 bits per heavy atom. The number of halogens is 1. The minimum absolute atomic E-state index is 0.284. The van der Waals surface area contributed by atoms with E-state index in [9.17, 15) is 9.59 Å². The van der Waals surface area contributed by atoms with E-state index >= 15 is 0 Å². The van der Waals surface area contributed by atoms with Crippen molar-refractivity contribution >= 4 is 40.7 Å². The number of ether oxygens (including phenoxy) is 2. The van der Waals surface area contributed by atoms with Crippen LogP contribution in [0.25, 0.3) is 5.76 Å². The number of carbonyl (C=O) groups is 2. The molecule has 32 heavy (non-hydrogen) atoms. The summed E-state index contributed by atoms with van der Waals surface area (Å²) in [6, 6.07) is 14.7. The molecule has 0 saturated carbocycles. The van der Waals surface area contributed by atoms with E-state index in [0.29, 0.717) is 33.6 Å². The van der Waals surface area contributed by atoms with Gasteiger partial charge in [0.05, 0.1) is 6.61 Å². The standard InChI is InChI=1S/C25H24ClNO4S/c26-17-6-8-18(9-7-17)30-15-3-12-27-13-10-25(11-14-27)16-32-24-22(29)21(28)19-4-1-2-5-20(19)23(24)31-25/h1-2,4-9H,3,10-16H2. The number of hydrogen-bond donors (Lipinski definition) is 0. The monoisotopic (exact) mass is 469 g/mol. The number of piperidine rings is 1. The number of carbonyl (C=O) groups excluding carboxylic acids is 2. The molecule has 7 heteroatoms. The van der Waals surface area contributed by atoms with Gasteiger partial charge < -0.3 is 14.4 Å². The molecule has 1 spiro atoms. The lowest BCUT2D eigenvalue weighted by Crippen LogP contribution is -2.49. The van der Waals surface area contributed by atoms with Gasteiger partial charge in [-0.15, -0.1) is 11.8 Å². The normalized spacial score (nSPS) is 20.0. The van der Waals surface area contributed by atoms with E-state index in [2.05, 4.69) is 4.90 Å². The van der Waals surface area contributed by atoms with E-state index < -0.39 is 11.6 Å². The van der Waals surface area contributed by atoms with Crippen LogP contribution in [0, 0.1) is 0 Å². The van der Waals surface area contributed by atoms with E-state index in [1.54, 1.807) is 12.1 Å². The average molecular weight is 470 g/mol. The van der Waals surface area contributed by atoms with Crippen LogP contribution in [0.2, 0.25) is 5.02 Å². The maximum atomic E-state index is 12.6. The predicted molar refractivity (Wildman–Crippen MR) is 126 cm³/mol. The van der Waals surface area contributed by atoms with Crippen LogP contribution in [0.5, 0.6) is 5.75 Å². The van der Waals surface area contributed by atoms with E-state index in [1.807, 2.05) is 36.4 Å². The van der Waals surface area contributed by atoms with Crippen LogP contribution in [0.3, 0.4) is 0 Å². The number of rotatable bonds is 5. The van der Waals surface area contributed by atoms with Crippen LogP contribution >= 0.6 is 23.4 Å². The van der Waals surface area contributed by atoms with Crippen molar-refractivity contribution in [3.05, 3.63) is 69.6 Å². The molecule has 0 N–H and O–H groups in total. The van der Waals surface area contributed by atoms with Gasteiger partial charge in [0.1, 0.15) is 22.0 Å². The summed E-state index contributed by atoms with van der Waals surface area (Å²) in [5, 5.41) is 0.707. The first-order valence-electron chi connectivity index (χ1n) is 10.9. The summed E-state index contributed by atoms with van der Waals surface area (Å²) in [6.45, 7) is 3.52. The van der Waals surface area contributed by atoms with Gasteiger partial charge in [-0.1, -0.05) is 35.9 Å². The van der Waals surface area contributed by atoms with Crippen molar-refractivity contribution < 1.29 is 19.1 Å². The van der Waals surface area contributed by atoms with E-state index in [0.717, 1.165) is 50.2 Å². The van der Waals surface area contributed by atoms with Crippen LogP contribution in [-0.4, -0.2) is 54.1 Å². The first-order valence-corrected chi connectivity index (χ1v) is 12.3. The van der Waals surface area contributed by atoms with Crippen LogP contribution in [0.4, 0.5) is 0 Å². The van der Waals surface area contributed by atoms with Gasteiger partial charge in [0.25, 0.3) is 0 Å². The number of likely N-dealkylation sites (tertiary alicyclic amines) is 1. The number of thioether (sulfide) groups is 1. The van der Waals surface area contributed by atoms with Gasteiger partial charge in [0.2, 0.25) is 11.6 Å². The topological polar surface area (TPSA) is 55.8 Å². The third kappa shape index (κ3) is 4.19. The highest BCUT2D eigenvalue weighted by molar-refractivity contribution is 8.04. The summed E-state index contributed by atoms with van der Waals surface area (Å²) in [6.07, 6.45) is 2.75. The molecule has 1 saturated heterocycles. The molecule has 0 radical (unpaired) electrons. The Bertz CT molecular complexity index is 1070. The quantitative estimate of drug-likeness (QED) is 0.461. The SMILES string of the molecule is O=C1C(=O)c2ccccc2C2=C1SCC1(CCN(CCCOc3ccc(Cl)cc3)CC1)O2. The summed E-state index contributed by atoms with van der Waals surface area (Å²) in [5.41, 5.74) is 0.917. The van der Waals surface area contributed by atoms with Crippen LogP contribution in [0.15, 0.2) is 53.4 Å². The van der Waals surface area contributed by atoms with Gasteiger partial charge >= 0.3 is 0 Å². The molecule has 166 valence electrons. The Labute approximate surface area is 196 Å². The summed E-state index contributed by atoms with van der Waals surface area (Å²) < 4.78 is 12.3. The lowest BCUT2D eigenvalue weighted by molar-refractivity contribution is -0.111. The summed E-state index contributed by atoms with van der Waals surface area (Å²) >= 11 is 7.39. The lowest BCUT2D eigenvalue weighted by Gasteiger charge is -2.45. The lowest BCUT2D eigenvalue weighted by atomic mass is 9.90. The number of nitrogens with zero attached hydrogens (tertiary/aromatic N) is 1. The molecule has 3 aliphatic rings. The van der Waals surface area contributed by atoms with Crippen LogP contribution < -0.4 is 4.74 Å². The van der Waals surface area contributed by atoms with Crippen LogP contribution in [0.1, 0.15) is 35.2 Å². The second-order valence-electron chi connectivity index (χ2n) is 8.43. The Kier molecular flexibility index (Phi) is 6.01. The molecule has 2 aromatic rings. The smallest absolute Gasteiger partial charge is 0.243 e. The number of benzene rings is 2. The number of ketones is 2. The molecule has 0 amide bonds. The maximum absolute atomic E-state index is 12.6. The van der Waals surface area contributed by atoms with Crippen LogP contribution in [-0.2, 0) is 9.53 Å². The first kappa shape index (κ1) is 21.6. The highest BCUT2D eigenvalue weighted by atomic mass is 35.5. The number of allylic oxidation sites excluding steroid dienone is 1. The van der Waals surface area contributed by atoms with Crippen molar-refractivity contribution in [3.8, 4) is 5.75 Å². The molecule has 0 bridgehead atoms. The summed E-state index contributed by atoms with van der Waals surface area (Å²) in [4.78, 5) is 27.9.